The fraction of sp³-hybridized carbons (Fsp3) is 0.195. The van der Waals surface area contributed by atoms with E-state index < -0.39 is 41.4 Å². The van der Waals surface area contributed by atoms with Crippen LogP contribution in [0.15, 0.2) is 122 Å². The van der Waals surface area contributed by atoms with Gasteiger partial charge in [-0.2, -0.15) is 0 Å². The van der Waals surface area contributed by atoms with Crippen molar-refractivity contribution >= 4 is 51.3 Å². The molecule has 3 N–H and O–H groups in total. The predicted octanol–water partition coefficient (Wildman–Crippen LogP) is 6.63. The van der Waals surface area contributed by atoms with Gasteiger partial charge in [-0.15, -0.1) is 0 Å². The van der Waals surface area contributed by atoms with E-state index in [1.165, 1.54) is 4.57 Å². The summed E-state index contributed by atoms with van der Waals surface area (Å²) in [5.74, 6) is -2.65. The summed E-state index contributed by atoms with van der Waals surface area (Å²) in [6, 6.07) is 30.8. The van der Waals surface area contributed by atoms with Crippen LogP contribution >= 0.6 is 0 Å². The topological polar surface area (TPSA) is 151 Å². The minimum atomic E-state index is -1.38. The lowest BCUT2D eigenvalue weighted by Gasteiger charge is -2.33. The van der Waals surface area contributed by atoms with Gasteiger partial charge in [0.1, 0.15) is 11.6 Å². The first-order chi connectivity index (χ1) is 25.1. The van der Waals surface area contributed by atoms with Crippen molar-refractivity contribution in [1.29, 1.82) is 0 Å². The van der Waals surface area contributed by atoms with E-state index in [9.17, 15) is 19.2 Å². The summed E-state index contributed by atoms with van der Waals surface area (Å²) >= 11 is 0. The van der Waals surface area contributed by atoms with Gasteiger partial charge in [-0.05, 0) is 62.2 Å². The molecule has 6 aromatic rings. The van der Waals surface area contributed by atoms with Crippen molar-refractivity contribution in [1.82, 2.24) is 14.5 Å². The van der Waals surface area contributed by atoms with Crippen molar-refractivity contribution in [3.05, 3.63) is 144 Å². The van der Waals surface area contributed by atoms with Crippen LogP contribution in [0, 0.1) is 0 Å². The van der Waals surface area contributed by atoms with E-state index in [1.807, 2.05) is 60.7 Å². The molecule has 0 bridgehead atoms. The number of carbonyl (C=O) groups excluding carboxylic acids is 4. The van der Waals surface area contributed by atoms with Crippen LogP contribution in [0.2, 0.25) is 0 Å². The highest BCUT2D eigenvalue weighted by Gasteiger charge is 2.48. The van der Waals surface area contributed by atoms with E-state index in [0.29, 0.717) is 33.2 Å². The molecule has 2 aromatic heterocycles. The lowest BCUT2D eigenvalue weighted by molar-refractivity contribution is -0.120. The quantitative estimate of drug-likeness (QED) is 0.164. The first-order valence-electron chi connectivity index (χ1n) is 16.5. The summed E-state index contributed by atoms with van der Waals surface area (Å²) in [6.45, 7) is 5.36. The first kappa shape index (κ1) is 37.1. The minimum Gasteiger partial charge on any atom is -0.443 e. The maximum atomic E-state index is 14.9. The Bertz CT molecular complexity index is 2200. The Balaban J connectivity index is 0.00000126. The lowest BCUT2D eigenvalue weighted by atomic mass is 9.83. The molecule has 0 aliphatic carbocycles. The van der Waals surface area contributed by atoms with Gasteiger partial charge < -0.3 is 20.3 Å². The average molecular weight is 701 g/mol. The number of aliphatic hydroxyl groups excluding tert-OH is 2. The van der Waals surface area contributed by atoms with Crippen molar-refractivity contribution in [3.8, 4) is 0 Å². The van der Waals surface area contributed by atoms with Crippen LogP contribution in [0.4, 0.5) is 10.5 Å². The number of aliphatic hydroxyl groups is 2. The summed E-state index contributed by atoms with van der Waals surface area (Å²) in [5, 5.41) is 18.5. The number of nitrogens with one attached hydrogen (secondary N) is 1. The Hall–Kier alpha value is -6.17. The number of hydrogen-bond donors (Lipinski definition) is 3. The highest BCUT2D eigenvalue weighted by atomic mass is 16.6. The Morgan fingerprint density at radius 3 is 2.00 bits per heavy atom. The molecule has 7 rings (SSSR count). The molecule has 3 heterocycles. The number of fused-ring (bicyclic) bond motifs is 3. The molecule has 1 aliphatic rings. The minimum absolute atomic E-state index is 0.218. The molecule has 0 unspecified atom stereocenters. The van der Waals surface area contributed by atoms with Crippen LogP contribution in [0.25, 0.3) is 21.8 Å². The van der Waals surface area contributed by atoms with E-state index in [2.05, 4.69) is 10.3 Å². The van der Waals surface area contributed by atoms with Gasteiger partial charge in [0.2, 0.25) is 5.91 Å². The van der Waals surface area contributed by atoms with Crippen LogP contribution in [0.3, 0.4) is 0 Å². The highest BCUT2D eigenvalue weighted by Crippen LogP contribution is 2.40. The molecule has 11 heteroatoms. The van der Waals surface area contributed by atoms with Gasteiger partial charge in [0, 0.05) is 43.3 Å². The summed E-state index contributed by atoms with van der Waals surface area (Å²) in [7, 11) is 2.00. The smallest absolute Gasteiger partial charge is 0.419 e. The molecule has 0 saturated heterocycles. The zero-order valence-electron chi connectivity index (χ0n) is 29.5. The van der Waals surface area contributed by atoms with E-state index in [-0.39, 0.29) is 11.1 Å². The second-order valence-corrected chi connectivity index (χ2v) is 12.7. The number of carbonyl (C=O) groups is 4. The zero-order chi connectivity index (χ0) is 37.6. The molecule has 52 heavy (non-hydrogen) atoms. The van der Waals surface area contributed by atoms with Crippen LogP contribution in [-0.4, -0.2) is 74.3 Å². The standard InChI is InChI=1S/C39H32N4O5.2CH4O/c1-39(2,3)48-38(47)42-23-29(26-17-9-10-21-31(26)42)32(24-13-5-4-6-14-24)34(43-36(45)27-18-7-8-19-28(27)37(43)46)35(44)41-30-20-11-15-25-16-12-22-40-33(25)30;2*1-2/h4-23,32,34H,1-3H3,(H,41,44);2*2H,1H3/t32-,34+;;/m1../s1. The third-order valence-electron chi connectivity index (χ3n) is 8.41. The molecule has 4 aromatic carbocycles. The van der Waals surface area contributed by atoms with Gasteiger partial charge in [0.25, 0.3) is 11.8 Å². The van der Waals surface area contributed by atoms with Crippen LogP contribution < -0.4 is 5.32 Å². The number of hydrogen-bond acceptors (Lipinski definition) is 8. The van der Waals surface area contributed by atoms with Gasteiger partial charge in [-0.3, -0.25) is 28.8 Å². The molecule has 266 valence electrons. The number of nitrogens with zero attached hydrogens (tertiary/aromatic N) is 3. The number of amides is 3. The van der Waals surface area contributed by atoms with Crippen molar-refractivity contribution in [2.75, 3.05) is 19.5 Å². The number of rotatable bonds is 6. The van der Waals surface area contributed by atoms with Gasteiger partial charge in [-0.25, -0.2) is 4.79 Å². The van der Waals surface area contributed by atoms with Crippen molar-refractivity contribution < 1.29 is 34.1 Å². The number of benzene rings is 4. The molecule has 2 atom stereocenters. The molecule has 0 fully saturated rings. The normalized spacial score (nSPS) is 13.3. The summed E-state index contributed by atoms with van der Waals surface area (Å²) in [5.41, 5.74) is 2.45. The van der Waals surface area contributed by atoms with Crippen molar-refractivity contribution in [2.24, 2.45) is 0 Å². The molecular formula is C41H40N4O7. The predicted molar refractivity (Wildman–Crippen MR) is 199 cm³/mol. The number of imide groups is 1. The fourth-order valence-electron chi connectivity index (χ4n) is 6.40. The van der Waals surface area contributed by atoms with Gasteiger partial charge in [0.15, 0.2) is 0 Å². The number of pyridine rings is 1. The molecule has 11 nitrogen and oxygen atoms in total. The fourth-order valence-corrected chi connectivity index (χ4v) is 6.40. The number of aromatic nitrogens is 2. The van der Waals surface area contributed by atoms with Gasteiger partial charge in [0.05, 0.1) is 27.8 Å². The molecule has 1 aliphatic heterocycles. The van der Waals surface area contributed by atoms with Gasteiger partial charge >= 0.3 is 6.09 Å². The lowest BCUT2D eigenvalue weighted by Crippen LogP contribution is -2.51. The zero-order valence-corrected chi connectivity index (χ0v) is 29.5. The highest BCUT2D eigenvalue weighted by molar-refractivity contribution is 6.23. The van der Waals surface area contributed by atoms with E-state index >= 15 is 0 Å². The Labute approximate surface area is 301 Å². The third kappa shape index (κ3) is 7.18. The second-order valence-electron chi connectivity index (χ2n) is 12.7. The van der Waals surface area contributed by atoms with Crippen molar-refractivity contribution in [2.45, 2.75) is 38.3 Å². The largest absolute Gasteiger partial charge is 0.443 e. The number of ether oxygens (including phenoxy) is 1. The molecule has 0 spiro atoms. The number of anilines is 1. The molecule has 0 saturated carbocycles. The van der Waals surface area contributed by atoms with E-state index in [1.54, 1.807) is 81.7 Å². The number of para-hydroxylation sites is 2. The average Bonchev–Trinajstić information content (AvgIpc) is 3.66. The SMILES string of the molecule is CC(C)(C)OC(=O)n1cc([C@@H](c2ccccc2)[C@@H](C(=O)Nc2cccc3cccnc23)N2C(=O)c3ccccc3C2=O)c2ccccc21.CO.CO. The van der Waals surface area contributed by atoms with E-state index in [0.717, 1.165) is 24.5 Å². The Morgan fingerprint density at radius 2 is 1.35 bits per heavy atom. The third-order valence-corrected chi connectivity index (χ3v) is 8.41. The maximum Gasteiger partial charge on any atom is 0.419 e. The van der Waals surface area contributed by atoms with Crippen LogP contribution in [-0.2, 0) is 9.53 Å². The Morgan fingerprint density at radius 1 is 0.750 bits per heavy atom. The van der Waals surface area contributed by atoms with E-state index in [4.69, 9.17) is 14.9 Å². The first-order valence-corrected chi connectivity index (χ1v) is 16.5. The summed E-state index contributed by atoms with van der Waals surface area (Å²) in [6.07, 6.45) is 2.69. The van der Waals surface area contributed by atoms with Gasteiger partial charge in [-0.1, -0.05) is 78.9 Å². The monoisotopic (exact) mass is 700 g/mol. The molecule has 0 radical (unpaired) electrons. The van der Waals surface area contributed by atoms with Crippen LogP contribution in [0.5, 0.6) is 0 Å². The van der Waals surface area contributed by atoms with Crippen molar-refractivity contribution in [3.63, 3.8) is 0 Å². The summed E-state index contributed by atoms with van der Waals surface area (Å²) < 4.78 is 7.17. The Kier molecular flexibility index (Phi) is 11.3. The molecular weight excluding hydrogens is 660 g/mol. The van der Waals surface area contributed by atoms with Crippen LogP contribution in [0.1, 0.15) is 58.5 Å². The summed E-state index contributed by atoms with van der Waals surface area (Å²) in [4.78, 5) is 62.3. The molecule has 3 amide bonds. The second kappa shape index (κ2) is 15.8. The maximum absolute atomic E-state index is 14.9.